The van der Waals surface area contributed by atoms with Crippen molar-refractivity contribution in [1.29, 1.82) is 0 Å². The molecule has 1 N–H and O–H groups in total. The van der Waals surface area contributed by atoms with E-state index >= 15 is 0 Å². The Kier molecular flexibility index (Phi) is 4.78. The number of halogens is 5. The van der Waals surface area contributed by atoms with Gasteiger partial charge in [0.1, 0.15) is 5.82 Å². The SMILES string of the molecule is Fc1cc(C(F)(F)F)ccc1NCC1CCCCC1Cl. The second-order valence-electron chi connectivity index (χ2n) is 5.13. The minimum atomic E-state index is -4.52. The molecule has 0 heterocycles. The van der Waals surface area contributed by atoms with Gasteiger partial charge in [0.05, 0.1) is 11.3 Å². The molecule has 2 rings (SSSR count). The normalized spacial score (nSPS) is 23.6. The van der Waals surface area contributed by atoms with Gasteiger partial charge in [-0.25, -0.2) is 4.39 Å². The molecule has 1 fully saturated rings. The first-order valence-electron chi connectivity index (χ1n) is 6.62. The Morgan fingerprint density at radius 1 is 1.20 bits per heavy atom. The van der Waals surface area contributed by atoms with Crippen LogP contribution < -0.4 is 5.32 Å². The third-order valence-electron chi connectivity index (χ3n) is 3.67. The Morgan fingerprint density at radius 2 is 1.90 bits per heavy atom. The fourth-order valence-electron chi connectivity index (χ4n) is 2.47. The molecule has 1 aliphatic rings. The molecule has 2 atom stereocenters. The summed E-state index contributed by atoms with van der Waals surface area (Å²) < 4.78 is 50.9. The minimum Gasteiger partial charge on any atom is -0.382 e. The van der Waals surface area contributed by atoms with Gasteiger partial charge in [0.15, 0.2) is 0 Å². The number of anilines is 1. The standard InChI is InChI=1S/C14H16ClF4N/c15-11-4-2-1-3-9(11)8-20-13-6-5-10(7-12(13)16)14(17,18)19/h5-7,9,11,20H,1-4,8H2. The largest absolute Gasteiger partial charge is 0.416 e. The van der Waals surface area contributed by atoms with Gasteiger partial charge in [0, 0.05) is 11.9 Å². The Balaban J connectivity index is 1.99. The van der Waals surface area contributed by atoms with Gasteiger partial charge in [-0.1, -0.05) is 12.8 Å². The van der Waals surface area contributed by atoms with Crippen molar-refractivity contribution in [3.8, 4) is 0 Å². The highest BCUT2D eigenvalue weighted by Gasteiger charge is 2.31. The molecule has 0 aromatic heterocycles. The number of hydrogen-bond donors (Lipinski definition) is 1. The van der Waals surface area contributed by atoms with E-state index in [-0.39, 0.29) is 17.0 Å². The molecule has 0 radical (unpaired) electrons. The molecule has 2 unspecified atom stereocenters. The molecule has 1 nitrogen and oxygen atoms in total. The van der Waals surface area contributed by atoms with Gasteiger partial charge in [-0.15, -0.1) is 11.6 Å². The summed E-state index contributed by atoms with van der Waals surface area (Å²) in [7, 11) is 0. The molecule has 20 heavy (non-hydrogen) atoms. The van der Waals surface area contributed by atoms with Crippen molar-refractivity contribution in [2.24, 2.45) is 5.92 Å². The zero-order chi connectivity index (χ0) is 14.8. The molecular formula is C14H16ClF4N. The Bertz CT molecular complexity index is 461. The van der Waals surface area contributed by atoms with Crippen molar-refractivity contribution in [3.05, 3.63) is 29.6 Å². The van der Waals surface area contributed by atoms with Crippen LogP contribution in [0.25, 0.3) is 0 Å². The van der Waals surface area contributed by atoms with Crippen molar-refractivity contribution in [2.45, 2.75) is 37.2 Å². The van der Waals surface area contributed by atoms with Crippen LogP contribution >= 0.6 is 11.6 Å². The van der Waals surface area contributed by atoms with E-state index in [2.05, 4.69) is 5.32 Å². The first kappa shape index (κ1) is 15.4. The van der Waals surface area contributed by atoms with Crippen LogP contribution in [-0.4, -0.2) is 11.9 Å². The molecule has 0 saturated heterocycles. The van der Waals surface area contributed by atoms with E-state index < -0.39 is 17.6 Å². The summed E-state index contributed by atoms with van der Waals surface area (Å²) in [6, 6.07) is 2.52. The zero-order valence-corrected chi connectivity index (χ0v) is 11.6. The minimum absolute atomic E-state index is 0.0498. The highest BCUT2D eigenvalue weighted by Crippen LogP contribution is 2.32. The van der Waals surface area contributed by atoms with Gasteiger partial charge in [0.25, 0.3) is 0 Å². The molecule has 0 amide bonds. The maximum atomic E-state index is 13.6. The van der Waals surface area contributed by atoms with Crippen LogP contribution in [0.15, 0.2) is 18.2 Å². The van der Waals surface area contributed by atoms with E-state index in [1.807, 2.05) is 0 Å². The van der Waals surface area contributed by atoms with Crippen LogP contribution in [-0.2, 0) is 6.18 Å². The van der Waals surface area contributed by atoms with Gasteiger partial charge < -0.3 is 5.32 Å². The third-order valence-corrected chi connectivity index (χ3v) is 4.24. The molecule has 0 spiro atoms. The van der Waals surface area contributed by atoms with Gasteiger partial charge in [-0.2, -0.15) is 13.2 Å². The number of benzene rings is 1. The summed E-state index contributed by atoms with van der Waals surface area (Å²) >= 11 is 6.19. The van der Waals surface area contributed by atoms with Gasteiger partial charge in [0.2, 0.25) is 0 Å². The van der Waals surface area contributed by atoms with E-state index in [9.17, 15) is 17.6 Å². The van der Waals surface area contributed by atoms with E-state index in [4.69, 9.17) is 11.6 Å². The lowest BCUT2D eigenvalue weighted by Gasteiger charge is -2.27. The summed E-state index contributed by atoms with van der Waals surface area (Å²) in [5, 5.41) is 2.91. The quantitative estimate of drug-likeness (QED) is 0.608. The molecule has 1 aliphatic carbocycles. The molecule has 112 valence electrons. The Hall–Kier alpha value is -0.970. The van der Waals surface area contributed by atoms with Crippen molar-refractivity contribution in [1.82, 2.24) is 0 Å². The fourth-order valence-corrected chi connectivity index (χ4v) is 2.84. The van der Waals surface area contributed by atoms with E-state index in [0.29, 0.717) is 12.6 Å². The zero-order valence-electron chi connectivity index (χ0n) is 10.8. The first-order chi connectivity index (χ1) is 9.38. The fraction of sp³-hybridized carbons (Fsp3) is 0.571. The summed E-state index contributed by atoms with van der Waals surface area (Å²) in [6.07, 6.45) is -0.443. The molecule has 0 bridgehead atoms. The van der Waals surface area contributed by atoms with Gasteiger partial charge >= 0.3 is 6.18 Å². The van der Waals surface area contributed by atoms with Crippen molar-refractivity contribution < 1.29 is 17.6 Å². The molecule has 6 heteroatoms. The van der Waals surface area contributed by atoms with Crippen LogP contribution in [0, 0.1) is 11.7 Å². The lowest BCUT2D eigenvalue weighted by atomic mass is 9.88. The van der Waals surface area contributed by atoms with Crippen molar-refractivity contribution >= 4 is 17.3 Å². The lowest BCUT2D eigenvalue weighted by molar-refractivity contribution is -0.137. The van der Waals surface area contributed by atoms with E-state index in [0.717, 1.165) is 37.8 Å². The molecule has 1 aromatic rings. The molecule has 1 saturated carbocycles. The topological polar surface area (TPSA) is 12.0 Å². The number of hydrogen-bond acceptors (Lipinski definition) is 1. The second kappa shape index (κ2) is 6.20. The molecule has 1 aromatic carbocycles. The average Bonchev–Trinajstić information content (AvgIpc) is 2.38. The highest BCUT2D eigenvalue weighted by atomic mass is 35.5. The first-order valence-corrected chi connectivity index (χ1v) is 7.06. The maximum absolute atomic E-state index is 13.6. The van der Waals surface area contributed by atoms with Crippen molar-refractivity contribution in [2.75, 3.05) is 11.9 Å². The van der Waals surface area contributed by atoms with E-state index in [1.54, 1.807) is 0 Å². The summed E-state index contributed by atoms with van der Waals surface area (Å²) in [6.45, 7) is 0.483. The molecule has 0 aliphatic heterocycles. The third kappa shape index (κ3) is 3.78. The Morgan fingerprint density at radius 3 is 2.50 bits per heavy atom. The number of nitrogens with one attached hydrogen (secondary N) is 1. The van der Waals surface area contributed by atoms with Crippen LogP contribution in [0.5, 0.6) is 0 Å². The highest BCUT2D eigenvalue weighted by molar-refractivity contribution is 6.20. The summed E-state index contributed by atoms with van der Waals surface area (Å²) in [5.74, 6) is -0.658. The van der Waals surface area contributed by atoms with Crippen LogP contribution in [0.4, 0.5) is 23.2 Å². The van der Waals surface area contributed by atoms with Gasteiger partial charge in [-0.3, -0.25) is 0 Å². The second-order valence-corrected chi connectivity index (χ2v) is 5.69. The predicted molar refractivity (Wildman–Crippen MR) is 71.5 cm³/mol. The number of rotatable bonds is 3. The van der Waals surface area contributed by atoms with Crippen LogP contribution in [0.2, 0.25) is 0 Å². The monoisotopic (exact) mass is 309 g/mol. The van der Waals surface area contributed by atoms with Gasteiger partial charge in [-0.05, 0) is 37.0 Å². The summed E-state index contributed by atoms with van der Waals surface area (Å²) in [5.41, 5.74) is -0.888. The van der Waals surface area contributed by atoms with Crippen LogP contribution in [0.1, 0.15) is 31.2 Å². The maximum Gasteiger partial charge on any atom is 0.416 e. The predicted octanol–water partition coefficient (Wildman–Crippen LogP) is 5.05. The number of alkyl halides is 4. The smallest absolute Gasteiger partial charge is 0.382 e. The Labute approximate surface area is 120 Å². The van der Waals surface area contributed by atoms with Crippen molar-refractivity contribution in [3.63, 3.8) is 0 Å². The van der Waals surface area contributed by atoms with E-state index in [1.165, 1.54) is 0 Å². The van der Waals surface area contributed by atoms with Crippen LogP contribution in [0.3, 0.4) is 0 Å². The summed E-state index contributed by atoms with van der Waals surface area (Å²) in [4.78, 5) is 0. The lowest BCUT2D eigenvalue weighted by Crippen LogP contribution is -2.27. The average molecular weight is 310 g/mol. The molecular weight excluding hydrogens is 294 g/mol.